The molecule has 5 nitrogen and oxygen atoms in total. The van der Waals surface area contributed by atoms with E-state index in [1.165, 1.54) is 6.20 Å². The predicted octanol–water partition coefficient (Wildman–Crippen LogP) is 21.1. The normalized spacial score (nSPS) is 18.6. The zero-order chi connectivity index (χ0) is 72.6. The molecule has 0 radical (unpaired) electrons. The Balaban J connectivity index is 1.07. The smallest absolute Gasteiger partial charge is 0.137 e. The van der Waals surface area contributed by atoms with Gasteiger partial charge in [-0.15, -0.1) is 0 Å². The van der Waals surface area contributed by atoms with E-state index in [0.29, 0.717) is 69.0 Å². The van der Waals surface area contributed by atoms with E-state index in [-0.39, 0.29) is 116 Å². The summed E-state index contributed by atoms with van der Waals surface area (Å²) in [5.74, 6) is 0.901. The molecular weight excluding hydrogens is 985 g/mol. The molecule has 1 aliphatic heterocycles. The van der Waals surface area contributed by atoms with Crippen molar-refractivity contribution in [1.82, 2.24) is 9.55 Å². The number of anilines is 4. The van der Waals surface area contributed by atoms with Crippen molar-refractivity contribution in [1.29, 1.82) is 0 Å². The maximum Gasteiger partial charge on any atom is 0.137 e. The van der Waals surface area contributed by atoms with Crippen molar-refractivity contribution < 1.29 is 29.4 Å². The maximum absolute atomic E-state index is 10.3. The lowest BCUT2D eigenvalue weighted by Gasteiger charge is -2.42. The van der Waals surface area contributed by atoms with Gasteiger partial charge in [0.15, 0.2) is 0 Å². The molecule has 10 aromatic rings. The molecule has 0 amide bonds. The second-order valence-electron chi connectivity index (χ2n) is 26.1. The summed E-state index contributed by atoms with van der Waals surface area (Å²) in [6, 6.07) is 23.8. The van der Waals surface area contributed by atoms with Crippen LogP contribution in [0.5, 0.6) is 11.5 Å². The Hall–Kier alpha value is -7.89. The van der Waals surface area contributed by atoms with E-state index in [1.807, 2.05) is 122 Å². The van der Waals surface area contributed by atoms with Crippen LogP contribution in [0.3, 0.4) is 0 Å². The van der Waals surface area contributed by atoms with Crippen molar-refractivity contribution in [3.63, 3.8) is 0 Å². The van der Waals surface area contributed by atoms with Crippen molar-refractivity contribution in [2.75, 3.05) is 16.5 Å². The summed E-state index contributed by atoms with van der Waals surface area (Å²) in [5, 5.41) is 0.718. The lowest BCUT2D eigenvalue weighted by Crippen LogP contribution is -2.33. The SMILES string of the molecule is [2H]c1c([2H])c(-c2c([2H])c(C(C)(C)C)c([2H])c(C(C)(C)C)c2[2H])c(C([2H])([2H])[2H])c([2H])c1-c1cccc(-c2c([2H])c([2H])c3c(c2[2H])C(C)(C)CCC3(C)C)c1N1CN(c2cccc(Oc3ccc4c5c([2H])c([2H])c([2H])c([2H])c5n(-c5cc(C([2H])([2H])C(C)(C)C)ccn5)c4c3)c2)c2ccccc21. The molecule has 81 heavy (non-hydrogen) atoms. The van der Waals surface area contributed by atoms with Crippen molar-refractivity contribution in [3.05, 3.63) is 215 Å². The first-order valence-corrected chi connectivity index (χ1v) is 27.9. The molecule has 12 rings (SSSR count). The second-order valence-corrected chi connectivity index (χ2v) is 26.1. The van der Waals surface area contributed by atoms with Crippen LogP contribution in [-0.4, -0.2) is 16.2 Å². The summed E-state index contributed by atoms with van der Waals surface area (Å²) in [6.07, 6.45) is 1.04. The molecule has 8 aromatic carbocycles. The van der Waals surface area contributed by atoms with Crippen LogP contribution in [0.25, 0.3) is 61.0 Å². The van der Waals surface area contributed by atoms with Crippen LogP contribution in [0.2, 0.25) is 0 Å². The number of para-hydroxylation sites is 4. The first-order valence-electron chi connectivity index (χ1n) is 36.9. The lowest BCUT2D eigenvalue weighted by molar-refractivity contribution is 0.332. The van der Waals surface area contributed by atoms with Gasteiger partial charge in [-0.1, -0.05) is 199 Å². The Morgan fingerprint density at radius 1 is 0.580 bits per heavy atom. The minimum atomic E-state index is -3.19. The Morgan fingerprint density at radius 2 is 1.23 bits per heavy atom. The van der Waals surface area contributed by atoms with Gasteiger partial charge < -0.3 is 14.5 Å². The number of hydrogen-bond acceptors (Lipinski definition) is 4. The van der Waals surface area contributed by atoms with Gasteiger partial charge in [0.2, 0.25) is 0 Å². The average molecular weight is 1080 g/mol. The topological polar surface area (TPSA) is 33.5 Å². The van der Waals surface area contributed by atoms with Gasteiger partial charge in [0.05, 0.1) is 45.9 Å². The average Bonchev–Trinajstić information content (AvgIpc) is 1.51. The fourth-order valence-electron chi connectivity index (χ4n) is 11.3. The molecule has 0 saturated heterocycles. The van der Waals surface area contributed by atoms with Crippen LogP contribution >= 0.6 is 0 Å². The summed E-state index contributed by atoms with van der Waals surface area (Å²) in [6.45, 7) is 21.2. The largest absolute Gasteiger partial charge is 0.457 e. The highest BCUT2D eigenvalue weighted by atomic mass is 16.5. The van der Waals surface area contributed by atoms with E-state index in [4.69, 9.17) is 11.6 Å². The zero-order valence-corrected chi connectivity index (χ0v) is 48.6. The van der Waals surface area contributed by atoms with Gasteiger partial charge >= 0.3 is 0 Å². The highest BCUT2D eigenvalue weighted by Crippen LogP contribution is 2.53. The third-order valence-electron chi connectivity index (χ3n) is 15.7. The molecule has 2 aromatic heterocycles. The number of hydrogen-bond donors (Lipinski definition) is 0. The van der Waals surface area contributed by atoms with Crippen LogP contribution in [0.15, 0.2) is 182 Å². The number of aromatic nitrogens is 2. The molecule has 0 atom stereocenters. The highest BCUT2D eigenvalue weighted by Gasteiger charge is 2.38. The number of ether oxygens (including phenoxy) is 1. The third kappa shape index (κ3) is 10.1. The van der Waals surface area contributed by atoms with E-state index in [2.05, 4.69) is 4.98 Å². The molecule has 0 N–H and O–H groups in total. The van der Waals surface area contributed by atoms with Crippen LogP contribution < -0.4 is 14.5 Å². The van der Waals surface area contributed by atoms with Crippen LogP contribution in [-0.2, 0) is 28.0 Å². The maximum atomic E-state index is 10.3. The summed E-state index contributed by atoms with van der Waals surface area (Å²) in [4.78, 5) is 8.57. The summed E-state index contributed by atoms with van der Waals surface area (Å²) in [7, 11) is 0. The van der Waals surface area contributed by atoms with Crippen LogP contribution in [0.4, 0.5) is 22.7 Å². The van der Waals surface area contributed by atoms with E-state index in [0.717, 1.165) is 0 Å². The van der Waals surface area contributed by atoms with Crippen molar-refractivity contribution in [3.8, 4) is 50.7 Å². The molecule has 3 heterocycles. The molecule has 2 aliphatic rings. The van der Waals surface area contributed by atoms with Crippen molar-refractivity contribution in [2.45, 2.75) is 138 Å². The second kappa shape index (κ2) is 19.7. The van der Waals surface area contributed by atoms with Crippen LogP contribution in [0, 0.1) is 12.3 Å². The minimum Gasteiger partial charge on any atom is -0.457 e. The monoisotopic (exact) mass is 1080 g/mol. The molecule has 0 unspecified atom stereocenters. The van der Waals surface area contributed by atoms with E-state index >= 15 is 0 Å². The number of fused-ring (bicyclic) bond motifs is 5. The number of benzene rings is 8. The lowest BCUT2D eigenvalue weighted by atomic mass is 9.63. The fraction of sp³-hybridized carbons (Fsp3) is 0.303. The van der Waals surface area contributed by atoms with Gasteiger partial charge in [-0.05, 0) is 163 Å². The first-order chi connectivity index (χ1) is 45.9. The Kier molecular flexibility index (Phi) is 8.86. The van der Waals surface area contributed by atoms with Gasteiger partial charge in [-0.2, -0.15) is 0 Å². The Labute approximate surface area is 507 Å². The van der Waals surface area contributed by atoms with Gasteiger partial charge in [0, 0.05) is 52.8 Å². The summed E-state index contributed by atoms with van der Waals surface area (Å²) >= 11 is 0. The van der Waals surface area contributed by atoms with E-state index in [9.17, 15) is 17.8 Å². The number of pyridine rings is 1. The Morgan fingerprint density at radius 3 is 1.94 bits per heavy atom. The van der Waals surface area contributed by atoms with Gasteiger partial charge in [-0.25, -0.2) is 4.98 Å². The molecule has 5 heteroatoms. The number of rotatable bonds is 9. The van der Waals surface area contributed by atoms with Gasteiger partial charge in [0.1, 0.15) is 24.0 Å². The first kappa shape index (κ1) is 36.5. The highest BCUT2D eigenvalue weighted by molar-refractivity contribution is 6.09. The fourth-order valence-corrected chi connectivity index (χ4v) is 11.3. The third-order valence-corrected chi connectivity index (χ3v) is 15.7. The van der Waals surface area contributed by atoms with Crippen molar-refractivity contribution in [2.24, 2.45) is 5.41 Å². The molecule has 0 saturated carbocycles. The molecule has 410 valence electrons. The van der Waals surface area contributed by atoms with Crippen molar-refractivity contribution >= 4 is 44.6 Å². The van der Waals surface area contributed by atoms with E-state index in [1.54, 1.807) is 79.9 Å². The molecule has 0 bridgehead atoms. The van der Waals surface area contributed by atoms with Crippen LogP contribution in [0.1, 0.15) is 161 Å². The summed E-state index contributed by atoms with van der Waals surface area (Å²) in [5.41, 5.74) is -0.324. The van der Waals surface area contributed by atoms with Gasteiger partial charge in [0.25, 0.3) is 0 Å². The standard InChI is InChI=1S/C76H80N4O/c1-49-39-51(29-32-59(49)53-41-54(73(5,6)7)44-55(42-53)74(8,9)10)60-24-20-25-61(52-30-34-64-65(43-52)76(13,14)37-36-75(64,11)12)71(60)79-48-78(67-27-17-18-28-68(67)79)56-21-19-22-57(45-56)81-58-31-33-63-62-23-15-16-26-66(62)80(69(63)46-58)70-40-50(35-38-77-70)47-72(2,3)4/h15-35,38-46H,36-37,47-48H2,1-14H3/i1D3,15D,16D,23D,26D,29D,30D,32D,34D,39D,41D,42D,43D,44D,47D2. The zero-order valence-electron chi connectivity index (χ0n) is 66.6. The summed E-state index contributed by atoms with van der Waals surface area (Å²) < 4.78 is 180. The predicted molar refractivity (Wildman–Crippen MR) is 344 cm³/mol. The Bertz CT molecular complexity index is 5030. The quantitative estimate of drug-likeness (QED) is 0.144. The number of nitrogens with zero attached hydrogens (tertiary/aromatic N) is 4. The molecular formula is C76H80N4O. The molecule has 1 aliphatic carbocycles. The minimum absolute atomic E-state index is 0.0233. The molecule has 0 fully saturated rings. The molecule has 0 spiro atoms. The van der Waals surface area contributed by atoms with Gasteiger partial charge in [-0.3, -0.25) is 4.57 Å². The van der Waals surface area contributed by atoms with E-state index < -0.39 is 81.6 Å².